The molecule has 4 nitrogen and oxygen atoms in total. The molecule has 0 bridgehead atoms. The van der Waals surface area contributed by atoms with Crippen LogP contribution in [0.3, 0.4) is 0 Å². The third-order valence-electron chi connectivity index (χ3n) is 4.70. The van der Waals surface area contributed by atoms with Crippen molar-refractivity contribution in [3.05, 3.63) is 35.4 Å². The average molecular weight is 332 g/mol. The molecule has 5 heteroatoms. The Kier molecular flexibility index (Phi) is 5.26. The van der Waals surface area contributed by atoms with E-state index in [1.165, 1.54) is 5.56 Å². The number of unbranched alkanes of at least 4 members (excludes halogenated alkanes) is 2. The molecule has 3 rings (SSSR count). The molecule has 0 aliphatic carbocycles. The first kappa shape index (κ1) is 16.4. The van der Waals surface area contributed by atoms with Gasteiger partial charge in [-0.2, -0.15) is 11.8 Å². The summed E-state index contributed by atoms with van der Waals surface area (Å²) < 4.78 is 0. The van der Waals surface area contributed by atoms with Gasteiger partial charge in [0.1, 0.15) is 0 Å². The molecule has 0 unspecified atom stereocenters. The largest absolute Gasteiger partial charge is 0.332 e. The van der Waals surface area contributed by atoms with Crippen molar-refractivity contribution in [1.82, 2.24) is 10.6 Å². The fourth-order valence-electron chi connectivity index (χ4n) is 3.33. The quantitative estimate of drug-likeness (QED) is 0.458. The number of fused-ring (bicyclic) bond motifs is 1. The minimum atomic E-state index is -0.0194. The van der Waals surface area contributed by atoms with Crippen molar-refractivity contribution in [2.45, 2.75) is 56.4 Å². The molecule has 0 aromatic heterocycles. The second-order valence-corrected chi connectivity index (χ2v) is 7.78. The molecule has 2 fully saturated rings. The number of amides is 2. The van der Waals surface area contributed by atoms with Crippen molar-refractivity contribution in [2.75, 3.05) is 5.75 Å². The van der Waals surface area contributed by atoms with E-state index in [0.717, 1.165) is 37.0 Å². The molecule has 2 saturated heterocycles. The highest BCUT2D eigenvalue weighted by Crippen LogP contribution is 2.33. The van der Waals surface area contributed by atoms with Crippen LogP contribution in [-0.4, -0.2) is 34.9 Å². The summed E-state index contributed by atoms with van der Waals surface area (Å²) in [6.45, 7) is 2.03. The maximum atomic E-state index is 12.1. The zero-order valence-electron chi connectivity index (χ0n) is 13.5. The minimum absolute atomic E-state index is 0.0194. The summed E-state index contributed by atoms with van der Waals surface area (Å²) in [7, 11) is 0. The fourth-order valence-corrected chi connectivity index (χ4v) is 4.88. The highest BCUT2D eigenvalue weighted by atomic mass is 32.2. The lowest BCUT2D eigenvalue weighted by atomic mass is 10.0. The summed E-state index contributed by atoms with van der Waals surface area (Å²) in [4.78, 5) is 23.4. The Morgan fingerprint density at radius 3 is 2.74 bits per heavy atom. The number of ketones is 1. The SMILES string of the molecule is Cc1ccc(C(=O)CCCCC[C@H]2SC[C@H]3NC(=O)N[C@@H]32)cc1. The van der Waals surface area contributed by atoms with E-state index in [2.05, 4.69) is 10.6 Å². The van der Waals surface area contributed by atoms with Crippen LogP contribution in [0.25, 0.3) is 0 Å². The topological polar surface area (TPSA) is 58.2 Å². The van der Waals surface area contributed by atoms with Crippen molar-refractivity contribution < 1.29 is 9.59 Å². The first-order valence-corrected chi connectivity index (χ1v) is 9.47. The lowest BCUT2D eigenvalue weighted by Crippen LogP contribution is -2.36. The number of carbonyl (C=O) groups excluding carboxylic acids is 2. The van der Waals surface area contributed by atoms with Gasteiger partial charge in [0.25, 0.3) is 0 Å². The summed E-state index contributed by atoms with van der Waals surface area (Å²) in [6.07, 6.45) is 4.89. The molecule has 2 N–H and O–H groups in total. The number of Topliss-reactive ketones (excluding diaryl/α,β-unsaturated/α-hetero) is 1. The zero-order valence-corrected chi connectivity index (χ0v) is 14.3. The van der Waals surface area contributed by atoms with Gasteiger partial charge in [0, 0.05) is 23.0 Å². The van der Waals surface area contributed by atoms with Crippen LogP contribution in [0.15, 0.2) is 24.3 Å². The van der Waals surface area contributed by atoms with E-state index in [1.807, 2.05) is 43.0 Å². The molecule has 2 heterocycles. The molecule has 2 aliphatic rings. The van der Waals surface area contributed by atoms with Crippen molar-refractivity contribution in [3.8, 4) is 0 Å². The van der Waals surface area contributed by atoms with Crippen LogP contribution in [0.2, 0.25) is 0 Å². The van der Waals surface area contributed by atoms with Crippen LogP contribution in [-0.2, 0) is 0 Å². The minimum Gasteiger partial charge on any atom is -0.332 e. The Hall–Kier alpha value is -1.49. The first-order valence-electron chi connectivity index (χ1n) is 8.42. The summed E-state index contributed by atoms with van der Waals surface area (Å²) in [5, 5.41) is 6.52. The summed E-state index contributed by atoms with van der Waals surface area (Å²) in [6, 6.07) is 8.40. The highest BCUT2D eigenvalue weighted by molar-refractivity contribution is 8.00. The van der Waals surface area contributed by atoms with Crippen LogP contribution in [0.1, 0.15) is 48.0 Å². The molecule has 2 aliphatic heterocycles. The summed E-state index contributed by atoms with van der Waals surface area (Å²) >= 11 is 1.95. The van der Waals surface area contributed by atoms with E-state index in [9.17, 15) is 9.59 Å². The molecule has 23 heavy (non-hydrogen) atoms. The highest BCUT2D eigenvalue weighted by Gasteiger charge is 2.42. The maximum Gasteiger partial charge on any atom is 0.315 e. The van der Waals surface area contributed by atoms with Crippen LogP contribution in [0, 0.1) is 6.92 Å². The fraction of sp³-hybridized carbons (Fsp3) is 0.556. The predicted octanol–water partition coefficient (Wildman–Crippen LogP) is 3.29. The van der Waals surface area contributed by atoms with E-state index < -0.39 is 0 Å². The van der Waals surface area contributed by atoms with Gasteiger partial charge in [-0.05, 0) is 19.8 Å². The molecule has 0 radical (unpaired) electrons. The molecule has 0 spiro atoms. The van der Waals surface area contributed by atoms with Gasteiger partial charge in [-0.15, -0.1) is 0 Å². The number of hydrogen-bond acceptors (Lipinski definition) is 3. The summed E-state index contributed by atoms with van der Waals surface area (Å²) in [5.41, 5.74) is 2.01. The van der Waals surface area contributed by atoms with Gasteiger partial charge in [-0.3, -0.25) is 4.79 Å². The smallest absolute Gasteiger partial charge is 0.315 e. The number of thioether (sulfide) groups is 1. The van der Waals surface area contributed by atoms with Crippen molar-refractivity contribution >= 4 is 23.6 Å². The van der Waals surface area contributed by atoms with Gasteiger partial charge >= 0.3 is 6.03 Å². The van der Waals surface area contributed by atoms with Crippen molar-refractivity contribution in [1.29, 1.82) is 0 Å². The molecule has 1 aromatic carbocycles. The van der Waals surface area contributed by atoms with Crippen LogP contribution < -0.4 is 10.6 Å². The lowest BCUT2D eigenvalue weighted by molar-refractivity contribution is 0.0979. The number of urea groups is 1. The average Bonchev–Trinajstić information content (AvgIpc) is 3.07. The third kappa shape index (κ3) is 4.08. The van der Waals surface area contributed by atoms with Crippen molar-refractivity contribution in [2.24, 2.45) is 0 Å². The maximum absolute atomic E-state index is 12.1. The Morgan fingerprint density at radius 1 is 1.17 bits per heavy atom. The van der Waals surface area contributed by atoms with Gasteiger partial charge < -0.3 is 10.6 Å². The van der Waals surface area contributed by atoms with Gasteiger partial charge in [0.05, 0.1) is 12.1 Å². The Balaban J connectivity index is 1.33. The predicted molar refractivity (Wildman–Crippen MR) is 94.1 cm³/mol. The second-order valence-electron chi connectivity index (χ2n) is 6.51. The number of benzene rings is 1. The van der Waals surface area contributed by atoms with Gasteiger partial charge in [-0.1, -0.05) is 42.7 Å². The van der Waals surface area contributed by atoms with Crippen LogP contribution >= 0.6 is 11.8 Å². The molecule has 0 saturated carbocycles. The zero-order chi connectivity index (χ0) is 16.2. The van der Waals surface area contributed by atoms with E-state index in [-0.39, 0.29) is 11.8 Å². The Labute approximate surface area is 141 Å². The lowest BCUT2D eigenvalue weighted by Gasteiger charge is -2.16. The number of hydrogen-bond donors (Lipinski definition) is 2. The number of nitrogens with one attached hydrogen (secondary N) is 2. The normalized spacial score (nSPS) is 25.8. The van der Waals surface area contributed by atoms with Crippen LogP contribution in [0.5, 0.6) is 0 Å². The van der Waals surface area contributed by atoms with E-state index in [1.54, 1.807) is 0 Å². The second kappa shape index (κ2) is 7.39. The monoisotopic (exact) mass is 332 g/mol. The van der Waals surface area contributed by atoms with Crippen molar-refractivity contribution in [3.63, 3.8) is 0 Å². The molecular formula is C18H24N2O2S. The van der Waals surface area contributed by atoms with Crippen LogP contribution in [0.4, 0.5) is 4.79 Å². The van der Waals surface area contributed by atoms with Gasteiger partial charge in [0.15, 0.2) is 5.78 Å². The molecule has 124 valence electrons. The number of aryl methyl sites for hydroxylation is 1. The number of rotatable bonds is 7. The molecule has 3 atom stereocenters. The van der Waals surface area contributed by atoms with E-state index in [4.69, 9.17) is 0 Å². The number of carbonyl (C=O) groups is 2. The Morgan fingerprint density at radius 2 is 1.96 bits per heavy atom. The standard InChI is InChI=1S/C18H24N2O2S/c1-12-7-9-13(10-8-12)15(21)5-3-2-4-6-16-17-14(11-23-16)19-18(22)20-17/h7-10,14,16-17H,2-6,11H2,1H3,(H2,19,20,22)/t14-,16-,17+/m1/s1. The third-order valence-corrected chi connectivity index (χ3v) is 6.21. The van der Waals surface area contributed by atoms with E-state index >= 15 is 0 Å². The van der Waals surface area contributed by atoms with E-state index in [0.29, 0.717) is 23.8 Å². The molecule has 2 amide bonds. The molecular weight excluding hydrogens is 308 g/mol. The molecule has 1 aromatic rings. The van der Waals surface area contributed by atoms with Gasteiger partial charge in [0.2, 0.25) is 0 Å². The Bertz CT molecular complexity index is 573. The summed E-state index contributed by atoms with van der Waals surface area (Å²) in [5.74, 6) is 1.26. The first-order chi connectivity index (χ1) is 11.1. The van der Waals surface area contributed by atoms with Gasteiger partial charge in [-0.25, -0.2) is 4.79 Å².